The fourth-order valence-electron chi connectivity index (χ4n) is 1.39. The van der Waals surface area contributed by atoms with Gasteiger partial charge in [0.25, 0.3) is 0 Å². The maximum atomic E-state index is 10.9. The molecule has 3 nitrogen and oxygen atoms in total. The lowest BCUT2D eigenvalue weighted by Crippen LogP contribution is -2.09. The second-order valence-electron chi connectivity index (χ2n) is 3.14. The van der Waals surface area contributed by atoms with E-state index in [0.29, 0.717) is 5.75 Å². The number of carbonyl (C=O) groups is 1. The van der Waals surface area contributed by atoms with Crippen molar-refractivity contribution in [1.29, 1.82) is 0 Å². The number of para-hydroxylation sites is 1. The summed E-state index contributed by atoms with van der Waals surface area (Å²) in [6.45, 7) is 1.66. The molecule has 0 aromatic heterocycles. The van der Waals surface area contributed by atoms with Crippen LogP contribution in [-0.2, 0) is 4.79 Å². The van der Waals surface area contributed by atoms with E-state index in [-0.39, 0.29) is 0 Å². The Bertz CT molecular complexity index is 363. The maximum Gasteiger partial charge on any atom is 0.310 e. The molecule has 1 atom stereocenters. The zero-order chi connectivity index (χ0) is 11.4. The molecule has 0 aliphatic carbocycles. The van der Waals surface area contributed by atoms with Gasteiger partial charge < -0.3 is 9.84 Å². The zero-order valence-electron chi connectivity index (χ0n) is 8.98. The molecule has 0 aliphatic heterocycles. The highest BCUT2D eigenvalue weighted by atomic mass is 32.2. The predicted octanol–water partition coefficient (Wildman–Crippen LogP) is 2.61. The molecule has 0 saturated carbocycles. The number of aliphatic carboxylic acids is 1. The molecule has 82 valence electrons. The summed E-state index contributed by atoms with van der Waals surface area (Å²) in [6, 6.07) is 5.56. The summed E-state index contributed by atoms with van der Waals surface area (Å²) in [4.78, 5) is 11.9. The van der Waals surface area contributed by atoms with Gasteiger partial charge in [0.1, 0.15) is 5.75 Å². The molecule has 0 aliphatic rings. The number of hydrogen-bond acceptors (Lipinski definition) is 3. The monoisotopic (exact) mass is 226 g/mol. The van der Waals surface area contributed by atoms with Gasteiger partial charge in [0, 0.05) is 10.5 Å². The second-order valence-corrected chi connectivity index (χ2v) is 3.99. The van der Waals surface area contributed by atoms with Crippen molar-refractivity contribution in [3.8, 4) is 5.75 Å². The van der Waals surface area contributed by atoms with Crippen molar-refractivity contribution < 1.29 is 14.6 Å². The van der Waals surface area contributed by atoms with E-state index < -0.39 is 11.9 Å². The third-order valence-corrected chi connectivity index (χ3v) is 3.03. The highest BCUT2D eigenvalue weighted by Crippen LogP contribution is 2.35. The highest BCUT2D eigenvalue weighted by molar-refractivity contribution is 7.98. The van der Waals surface area contributed by atoms with Gasteiger partial charge >= 0.3 is 5.97 Å². The van der Waals surface area contributed by atoms with E-state index in [1.54, 1.807) is 31.9 Å². The Morgan fingerprint density at radius 2 is 2.20 bits per heavy atom. The second kappa shape index (κ2) is 5.07. The first kappa shape index (κ1) is 11.9. The summed E-state index contributed by atoms with van der Waals surface area (Å²) in [7, 11) is 1.56. The molecule has 1 N–H and O–H groups in total. The van der Waals surface area contributed by atoms with E-state index >= 15 is 0 Å². The molecule has 1 aromatic carbocycles. The minimum atomic E-state index is -0.841. The first-order valence-electron chi connectivity index (χ1n) is 4.55. The Hall–Kier alpha value is -1.16. The molecule has 1 rings (SSSR count). The Kier molecular flexibility index (Phi) is 4.03. The molecule has 4 heteroatoms. The van der Waals surface area contributed by atoms with Crippen molar-refractivity contribution in [2.24, 2.45) is 0 Å². The van der Waals surface area contributed by atoms with Gasteiger partial charge in [-0.05, 0) is 19.2 Å². The molecule has 0 amide bonds. The largest absolute Gasteiger partial charge is 0.495 e. The van der Waals surface area contributed by atoms with Gasteiger partial charge in [-0.3, -0.25) is 4.79 Å². The van der Waals surface area contributed by atoms with Gasteiger partial charge in [0.05, 0.1) is 13.0 Å². The van der Waals surface area contributed by atoms with Crippen molar-refractivity contribution in [1.82, 2.24) is 0 Å². The number of carboxylic acid groups (broad SMARTS) is 1. The van der Waals surface area contributed by atoms with Crippen molar-refractivity contribution in [2.45, 2.75) is 17.7 Å². The van der Waals surface area contributed by atoms with E-state index in [1.165, 1.54) is 0 Å². The van der Waals surface area contributed by atoms with Crippen LogP contribution in [0.5, 0.6) is 5.75 Å². The number of rotatable bonds is 4. The minimum Gasteiger partial charge on any atom is -0.495 e. The van der Waals surface area contributed by atoms with Crippen LogP contribution in [0.25, 0.3) is 0 Å². The Morgan fingerprint density at radius 1 is 1.53 bits per heavy atom. The van der Waals surface area contributed by atoms with E-state index in [1.807, 2.05) is 18.4 Å². The van der Waals surface area contributed by atoms with Gasteiger partial charge in [0.2, 0.25) is 0 Å². The molecule has 0 bridgehead atoms. The van der Waals surface area contributed by atoms with Crippen molar-refractivity contribution in [3.05, 3.63) is 23.8 Å². The summed E-state index contributed by atoms with van der Waals surface area (Å²) in [5.74, 6) is -0.724. The fraction of sp³-hybridized carbons (Fsp3) is 0.364. The van der Waals surface area contributed by atoms with Gasteiger partial charge in [-0.15, -0.1) is 11.8 Å². The number of ether oxygens (including phenoxy) is 1. The Balaban J connectivity index is 3.22. The number of hydrogen-bond donors (Lipinski definition) is 1. The molecule has 0 heterocycles. The molecule has 0 spiro atoms. The fourth-order valence-corrected chi connectivity index (χ4v) is 1.99. The molecule has 1 unspecified atom stereocenters. The summed E-state index contributed by atoms with van der Waals surface area (Å²) >= 11 is 1.55. The molecular weight excluding hydrogens is 212 g/mol. The Morgan fingerprint density at radius 3 is 2.67 bits per heavy atom. The SMILES string of the molecule is COc1c(SC)cccc1C(C)C(=O)O. The molecule has 0 radical (unpaired) electrons. The van der Waals surface area contributed by atoms with Crippen molar-refractivity contribution >= 4 is 17.7 Å². The number of thioether (sulfide) groups is 1. The average molecular weight is 226 g/mol. The third-order valence-electron chi connectivity index (χ3n) is 2.27. The lowest BCUT2D eigenvalue weighted by molar-refractivity contribution is -0.138. The first-order valence-corrected chi connectivity index (χ1v) is 5.78. The quantitative estimate of drug-likeness (QED) is 0.802. The van der Waals surface area contributed by atoms with Crippen LogP contribution in [0.4, 0.5) is 0 Å². The first-order chi connectivity index (χ1) is 7.11. The lowest BCUT2D eigenvalue weighted by Gasteiger charge is -2.14. The van der Waals surface area contributed by atoms with Crippen LogP contribution in [-0.4, -0.2) is 24.4 Å². The van der Waals surface area contributed by atoms with Gasteiger partial charge in [-0.25, -0.2) is 0 Å². The smallest absolute Gasteiger partial charge is 0.310 e. The number of methoxy groups -OCH3 is 1. The molecule has 1 aromatic rings. The summed E-state index contributed by atoms with van der Waals surface area (Å²) in [5.41, 5.74) is 0.719. The minimum absolute atomic E-state index is 0.549. The van der Waals surface area contributed by atoms with Crippen LogP contribution >= 0.6 is 11.8 Å². The predicted molar refractivity (Wildman–Crippen MR) is 60.8 cm³/mol. The topological polar surface area (TPSA) is 46.5 Å². The highest BCUT2D eigenvalue weighted by Gasteiger charge is 2.19. The van der Waals surface area contributed by atoms with Crippen LogP contribution in [0.2, 0.25) is 0 Å². The van der Waals surface area contributed by atoms with Crippen LogP contribution in [0.3, 0.4) is 0 Å². The average Bonchev–Trinajstić information content (AvgIpc) is 2.26. The van der Waals surface area contributed by atoms with Gasteiger partial charge in [0.15, 0.2) is 0 Å². The summed E-state index contributed by atoms with van der Waals surface area (Å²) in [6.07, 6.45) is 1.94. The number of carboxylic acids is 1. The van der Waals surface area contributed by atoms with Crippen molar-refractivity contribution in [3.63, 3.8) is 0 Å². The zero-order valence-corrected chi connectivity index (χ0v) is 9.80. The molecule has 0 saturated heterocycles. The third kappa shape index (κ3) is 2.45. The van der Waals surface area contributed by atoms with E-state index in [9.17, 15) is 4.79 Å². The van der Waals surface area contributed by atoms with Crippen molar-refractivity contribution in [2.75, 3.05) is 13.4 Å². The van der Waals surface area contributed by atoms with Crippen LogP contribution < -0.4 is 4.74 Å². The normalized spacial score (nSPS) is 12.2. The number of benzene rings is 1. The van der Waals surface area contributed by atoms with Gasteiger partial charge in [-0.2, -0.15) is 0 Å². The Labute approximate surface area is 93.4 Å². The summed E-state index contributed by atoms with van der Waals surface area (Å²) < 4.78 is 5.25. The van der Waals surface area contributed by atoms with Crippen LogP contribution in [0.1, 0.15) is 18.4 Å². The molecule has 15 heavy (non-hydrogen) atoms. The standard InChI is InChI=1S/C11H14O3S/c1-7(11(12)13)8-5-4-6-9(15-3)10(8)14-2/h4-7H,1-3H3,(H,12,13). The van der Waals surface area contributed by atoms with Gasteiger partial charge in [-0.1, -0.05) is 12.1 Å². The van der Waals surface area contributed by atoms with Crippen LogP contribution in [0, 0.1) is 0 Å². The molecular formula is C11H14O3S. The van der Waals surface area contributed by atoms with E-state index in [4.69, 9.17) is 9.84 Å². The molecule has 0 fully saturated rings. The summed E-state index contributed by atoms with van der Waals surface area (Å²) in [5, 5.41) is 8.96. The lowest BCUT2D eigenvalue weighted by atomic mass is 10.0. The maximum absolute atomic E-state index is 10.9. The van der Waals surface area contributed by atoms with E-state index in [2.05, 4.69) is 0 Å². The van der Waals surface area contributed by atoms with Crippen LogP contribution in [0.15, 0.2) is 23.1 Å². The van der Waals surface area contributed by atoms with E-state index in [0.717, 1.165) is 10.5 Å².